The molecule has 22 heavy (non-hydrogen) atoms. The minimum atomic E-state index is -0.245. The summed E-state index contributed by atoms with van der Waals surface area (Å²) in [5.74, 6) is 0.420. The molecule has 2 atom stereocenters. The number of rotatable bonds is 3. The van der Waals surface area contributed by atoms with Crippen molar-refractivity contribution in [2.75, 3.05) is 6.61 Å². The monoisotopic (exact) mass is 302 g/mol. The highest BCUT2D eigenvalue weighted by molar-refractivity contribution is 6.47. The molecule has 120 valence electrons. The van der Waals surface area contributed by atoms with Crippen molar-refractivity contribution >= 4 is 7.12 Å². The first-order chi connectivity index (χ1) is 10.4. The molecule has 1 aromatic carbocycles. The Morgan fingerprint density at radius 3 is 2.32 bits per heavy atom. The van der Waals surface area contributed by atoms with Crippen LogP contribution < -0.4 is 0 Å². The Hall–Kier alpha value is -0.835. The predicted octanol–water partition coefficient (Wildman–Crippen LogP) is 3.87. The summed E-state index contributed by atoms with van der Waals surface area (Å²) in [6.07, 6.45) is 3.25. The van der Waals surface area contributed by atoms with Crippen molar-refractivity contribution in [1.82, 2.24) is 0 Å². The van der Waals surface area contributed by atoms with Gasteiger partial charge in [0, 0.05) is 6.61 Å². The van der Waals surface area contributed by atoms with E-state index in [1.165, 1.54) is 5.56 Å². The van der Waals surface area contributed by atoms with E-state index >= 15 is 0 Å². The van der Waals surface area contributed by atoms with Crippen molar-refractivity contribution in [3.63, 3.8) is 0 Å². The highest BCUT2D eigenvalue weighted by Gasteiger charge is 2.54. The molecule has 2 saturated heterocycles. The molecule has 0 aliphatic carbocycles. The maximum atomic E-state index is 6.22. The average molecular weight is 302 g/mol. The fourth-order valence-electron chi connectivity index (χ4n) is 3.26. The van der Waals surface area contributed by atoms with E-state index in [4.69, 9.17) is 14.0 Å². The van der Waals surface area contributed by atoms with Gasteiger partial charge in [0.2, 0.25) is 0 Å². The van der Waals surface area contributed by atoms with Gasteiger partial charge in [-0.15, -0.1) is 0 Å². The smallest absolute Gasteiger partial charge is 0.403 e. The quantitative estimate of drug-likeness (QED) is 0.793. The molecule has 0 aromatic heterocycles. The molecule has 0 radical (unpaired) electrons. The van der Waals surface area contributed by atoms with Gasteiger partial charge in [0.15, 0.2) is 0 Å². The lowest BCUT2D eigenvalue weighted by atomic mass is 9.66. The van der Waals surface area contributed by atoms with Gasteiger partial charge >= 0.3 is 7.12 Å². The summed E-state index contributed by atoms with van der Waals surface area (Å²) in [5, 5.41) is 0. The maximum Gasteiger partial charge on any atom is 0.461 e. The summed E-state index contributed by atoms with van der Waals surface area (Å²) in [7, 11) is -0.104. The maximum absolute atomic E-state index is 6.22. The molecule has 0 N–H and O–H groups in total. The molecule has 0 bridgehead atoms. The fourth-order valence-corrected chi connectivity index (χ4v) is 3.26. The Morgan fingerprint density at radius 2 is 1.68 bits per heavy atom. The van der Waals surface area contributed by atoms with Gasteiger partial charge in [-0.3, -0.25) is 0 Å². The van der Waals surface area contributed by atoms with Gasteiger partial charge < -0.3 is 14.0 Å². The van der Waals surface area contributed by atoms with Gasteiger partial charge in [-0.05, 0) is 58.3 Å². The van der Waals surface area contributed by atoms with E-state index in [0.29, 0.717) is 5.82 Å². The predicted molar refractivity (Wildman–Crippen MR) is 89.0 cm³/mol. The number of ether oxygens (including phenoxy) is 1. The summed E-state index contributed by atoms with van der Waals surface area (Å²) in [5.41, 5.74) is 0.845. The molecule has 2 aliphatic rings. The summed E-state index contributed by atoms with van der Waals surface area (Å²) in [6.45, 7) is 9.27. The van der Waals surface area contributed by atoms with Crippen LogP contribution in [0, 0.1) is 0 Å². The SMILES string of the molecule is CC1(C)OB([C@H]2CCO[C@@H](Cc3ccccc3)C2)OC1(C)C. The van der Waals surface area contributed by atoms with Crippen LogP contribution in [0.1, 0.15) is 46.1 Å². The van der Waals surface area contributed by atoms with Crippen molar-refractivity contribution in [2.24, 2.45) is 0 Å². The normalized spacial score (nSPS) is 30.5. The molecular weight excluding hydrogens is 275 g/mol. The van der Waals surface area contributed by atoms with E-state index < -0.39 is 0 Å². The molecule has 2 heterocycles. The van der Waals surface area contributed by atoms with Crippen LogP contribution in [0.2, 0.25) is 5.82 Å². The topological polar surface area (TPSA) is 27.7 Å². The molecule has 2 aliphatic heterocycles. The molecular formula is C18H27BO3. The van der Waals surface area contributed by atoms with E-state index in [9.17, 15) is 0 Å². The fraction of sp³-hybridized carbons (Fsp3) is 0.667. The van der Waals surface area contributed by atoms with Crippen LogP contribution in [0.25, 0.3) is 0 Å². The van der Waals surface area contributed by atoms with E-state index in [-0.39, 0.29) is 24.4 Å². The van der Waals surface area contributed by atoms with Crippen molar-refractivity contribution < 1.29 is 14.0 Å². The molecule has 0 amide bonds. The Bertz CT molecular complexity index is 484. The first-order valence-electron chi connectivity index (χ1n) is 8.38. The Balaban J connectivity index is 1.62. The third kappa shape index (κ3) is 3.24. The number of benzene rings is 1. The Labute approximate surface area is 134 Å². The average Bonchev–Trinajstić information content (AvgIpc) is 2.69. The summed E-state index contributed by atoms with van der Waals surface area (Å²) < 4.78 is 18.4. The zero-order valence-electron chi connectivity index (χ0n) is 14.2. The van der Waals surface area contributed by atoms with Gasteiger partial charge in [-0.25, -0.2) is 0 Å². The second kappa shape index (κ2) is 5.99. The van der Waals surface area contributed by atoms with Crippen molar-refractivity contribution in [2.45, 2.75) is 70.1 Å². The van der Waals surface area contributed by atoms with Crippen molar-refractivity contribution in [1.29, 1.82) is 0 Å². The third-order valence-corrected chi connectivity index (χ3v) is 5.37. The summed E-state index contributed by atoms with van der Waals surface area (Å²) in [6, 6.07) is 10.6. The van der Waals surface area contributed by atoms with E-state index in [1.54, 1.807) is 0 Å². The van der Waals surface area contributed by atoms with Gasteiger partial charge in [0.1, 0.15) is 0 Å². The highest BCUT2D eigenvalue weighted by atomic mass is 16.7. The third-order valence-electron chi connectivity index (χ3n) is 5.37. The molecule has 0 unspecified atom stereocenters. The minimum absolute atomic E-state index is 0.104. The molecule has 3 rings (SSSR count). The molecule has 4 heteroatoms. The number of hydrogen-bond acceptors (Lipinski definition) is 3. The lowest BCUT2D eigenvalue weighted by Crippen LogP contribution is -2.41. The van der Waals surface area contributed by atoms with Crippen LogP contribution in [-0.4, -0.2) is 31.0 Å². The zero-order chi connectivity index (χ0) is 15.8. The van der Waals surface area contributed by atoms with Gasteiger partial charge in [0.25, 0.3) is 0 Å². The number of hydrogen-bond donors (Lipinski definition) is 0. The van der Waals surface area contributed by atoms with E-state index in [2.05, 4.69) is 58.0 Å². The van der Waals surface area contributed by atoms with Crippen LogP contribution in [0.4, 0.5) is 0 Å². The molecule has 2 fully saturated rings. The summed E-state index contributed by atoms with van der Waals surface area (Å²) >= 11 is 0. The van der Waals surface area contributed by atoms with Crippen LogP contribution in [0.15, 0.2) is 30.3 Å². The highest BCUT2D eigenvalue weighted by Crippen LogP contribution is 2.43. The lowest BCUT2D eigenvalue weighted by Gasteiger charge is -2.32. The Morgan fingerprint density at radius 1 is 1.05 bits per heavy atom. The van der Waals surface area contributed by atoms with Gasteiger partial charge in [0.05, 0.1) is 17.3 Å². The van der Waals surface area contributed by atoms with E-state index in [1.807, 2.05) is 0 Å². The van der Waals surface area contributed by atoms with Gasteiger partial charge in [-0.1, -0.05) is 30.3 Å². The molecule has 0 spiro atoms. The minimum Gasteiger partial charge on any atom is -0.403 e. The first kappa shape index (κ1) is 16.0. The second-order valence-corrected chi connectivity index (χ2v) is 7.59. The largest absolute Gasteiger partial charge is 0.461 e. The molecule has 3 nitrogen and oxygen atoms in total. The van der Waals surface area contributed by atoms with E-state index in [0.717, 1.165) is 25.9 Å². The molecule has 1 aromatic rings. The molecule has 0 saturated carbocycles. The first-order valence-corrected chi connectivity index (χ1v) is 8.38. The van der Waals surface area contributed by atoms with Crippen LogP contribution in [0.5, 0.6) is 0 Å². The second-order valence-electron chi connectivity index (χ2n) is 7.59. The lowest BCUT2D eigenvalue weighted by molar-refractivity contribution is 0.00578. The van der Waals surface area contributed by atoms with Gasteiger partial charge in [-0.2, -0.15) is 0 Å². The van der Waals surface area contributed by atoms with Crippen molar-refractivity contribution in [3.05, 3.63) is 35.9 Å². The van der Waals surface area contributed by atoms with Crippen molar-refractivity contribution in [3.8, 4) is 0 Å². The van der Waals surface area contributed by atoms with Crippen LogP contribution in [-0.2, 0) is 20.5 Å². The van der Waals surface area contributed by atoms with Crippen LogP contribution >= 0.6 is 0 Å². The Kier molecular flexibility index (Phi) is 4.37. The van der Waals surface area contributed by atoms with Crippen LogP contribution in [0.3, 0.4) is 0 Å². The summed E-state index contributed by atoms with van der Waals surface area (Å²) in [4.78, 5) is 0. The zero-order valence-corrected chi connectivity index (χ0v) is 14.2. The standard InChI is InChI=1S/C18H27BO3/c1-17(2)18(3,4)22-19(21-17)15-10-11-20-16(13-15)12-14-8-6-5-7-9-14/h5-9,15-16H,10-13H2,1-4H3/t15-,16-/m0/s1.